The summed E-state index contributed by atoms with van der Waals surface area (Å²) in [4.78, 5) is 23.1. The van der Waals surface area contributed by atoms with E-state index in [0.717, 1.165) is 15.6 Å². The molecule has 0 unspecified atom stereocenters. The van der Waals surface area contributed by atoms with Gasteiger partial charge in [0.05, 0.1) is 11.4 Å². The van der Waals surface area contributed by atoms with Crippen molar-refractivity contribution in [3.05, 3.63) is 34.7 Å². The number of amides is 2. The Labute approximate surface area is 102 Å². The molecule has 1 heterocycles. The highest BCUT2D eigenvalue weighted by Crippen LogP contribution is 2.30. The van der Waals surface area contributed by atoms with Crippen molar-refractivity contribution >= 4 is 33.2 Å². The normalized spacial score (nSPS) is 10.4. The molecule has 4 nitrogen and oxygen atoms in total. The second kappa shape index (κ2) is 4.55. The summed E-state index contributed by atoms with van der Waals surface area (Å²) in [7, 11) is 0. The molecule has 5 heteroatoms. The zero-order valence-corrected chi connectivity index (χ0v) is 10.1. The van der Waals surface area contributed by atoms with Crippen molar-refractivity contribution in [1.29, 1.82) is 0 Å². The van der Waals surface area contributed by atoms with Crippen molar-refractivity contribution in [3.8, 4) is 0 Å². The molecule has 0 saturated heterocycles. The topological polar surface area (TPSA) is 72.2 Å². The van der Waals surface area contributed by atoms with Crippen molar-refractivity contribution in [3.63, 3.8) is 0 Å². The number of benzene rings is 1. The van der Waals surface area contributed by atoms with Gasteiger partial charge < -0.3 is 11.1 Å². The van der Waals surface area contributed by atoms with Gasteiger partial charge in [-0.2, -0.15) is 0 Å². The van der Waals surface area contributed by atoms with E-state index >= 15 is 0 Å². The van der Waals surface area contributed by atoms with Gasteiger partial charge in [-0.1, -0.05) is 18.2 Å². The third-order valence-corrected chi connectivity index (χ3v) is 3.74. The number of hydrogen-bond donors (Lipinski definition) is 2. The zero-order valence-electron chi connectivity index (χ0n) is 9.32. The number of carbonyl (C=O) groups is 2. The number of primary amides is 1. The minimum Gasteiger partial charge on any atom is -0.368 e. The number of aryl methyl sites for hydroxylation is 1. The van der Waals surface area contributed by atoms with E-state index in [4.69, 9.17) is 5.73 Å². The molecule has 2 aromatic rings. The fraction of sp³-hybridized carbons (Fsp3) is 0.167. The number of nitrogens with one attached hydrogen (secondary N) is 1. The number of carbonyl (C=O) groups excluding carboxylic acids is 2. The Balaban J connectivity index is 2.32. The van der Waals surface area contributed by atoms with E-state index in [1.165, 1.54) is 11.3 Å². The molecule has 0 aliphatic carbocycles. The van der Waals surface area contributed by atoms with Gasteiger partial charge in [-0.15, -0.1) is 11.3 Å². The van der Waals surface area contributed by atoms with Gasteiger partial charge >= 0.3 is 0 Å². The van der Waals surface area contributed by atoms with Gasteiger partial charge in [0.2, 0.25) is 5.91 Å². The van der Waals surface area contributed by atoms with Crippen LogP contribution in [0.25, 0.3) is 10.1 Å². The first-order valence-corrected chi connectivity index (χ1v) is 5.96. The van der Waals surface area contributed by atoms with Gasteiger partial charge in [-0.25, -0.2) is 0 Å². The van der Waals surface area contributed by atoms with Crippen LogP contribution in [0.4, 0.5) is 0 Å². The van der Waals surface area contributed by atoms with Crippen molar-refractivity contribution < 1.29 is 9.59 Å². The lowest BCUT2D eigenvalue weighted by Crippen LogP contribution is -2.33. The maximum Gasteiger partial charge on any atom is 0.262 e. The van der Waals surface area contributed by atoms with Crippen molar-refractivity contribution in [2.24, 2.45) is 5.73 Å². The number of thiophene rings is 1. The lowest BCUT2D eigenvalue weighted by Gasteiger charge is -2.00. The van der Waals surface area contributed by atoms with Gasteiger partial charge in [0, 0.05) is 4.70 Å². The number of fused-ring (bicyclic) bond motifs is 1. The summed E-state index contributed by atoms with van der Waals surface area (Å²) in [6.45, 7) is 1.77. The molecule has 3 N–H and O–H groups in total. The Kier molecular flexibility index (Phi) is 3.10. The molecule has 0 spiro atoms. The van der Waals surface area contributed by atoms with Crippen LogP contribution >= 0.6 is 11.3 Å². The van der Waals surface area contributed by atoms with Crippen LogP contribution in [0.5, 0.6) is 0 Å². The molecule has 0 aliphatic heterocycles. The lowest BCUT2D eigenvalue weighted by molar-refractivity contribution is -0.117. The number of hydrogen-bond acceptors (Lipinski definition) is 3. The molecule has 0 aliphatic rings. The van der Waals surface area contributed by atoms with Crippen LogP contribution in [0.1, 0.15) is 15.2 Å². The second-order valence-electron chi connectivity index (χ2n) is 3.70. The van der Waals surface area contributed by atoms with E-state index in [0.29, 0.717) is 4.88 Å². The average Bonchev–Trinajstić information content (AvgIpc) is 2.64. The average molecular weight is 248 g/mol. The highest BCUT2D eigenvalue weighted by atomic mass is 32.1. The summed E-state index contributed by atoms with van der Waals surface area (Å²) in [5.41, 5.74) is 5.92. The minimum atomic E-state index is -0.544. The molecule has 17 heavy (non-hydrogen) atoms. The molecule has 2 rings (SSSR count). The predicted octanol–water partition coefficient (Wildman–Crippen LogP) is 1.42. The fourth-order valence-corrected chi connectivity index (χ4v) is 2.76. The maximum atomic E-state index is 11.8. The van der Waals surface area contributed by atoms with Crippen LogP contribution in [0.3, 0.4) is 0 Å². The number of rotatable bonds is 3. The first-order chi connectivity index (χ1) is 8.09. The van der Waals surface area contributed by atoms with E-state index in [9.17, 15) is 9.59 Å². The third-order valence-electron chi connectivity index (χ3n) is 2.47. The highest BCUT2D eigenvalue weighted by molar-refractivity contribution is 7.21. The molecule has 0 radical (unpaired) electrons. The largest absolute Gasteiger partial charge is 0.368 e. The fourth-order valence-electron chi connectivity index (χ4n) is 1.64. The Morgan fingerprint density at radius 2 is 2.06 bits per heavy atom. The third kappa shape index (κ3) is 2.29. The molecule has 0 atom stereocenters. The van der Waals surface area contributed by atoms with Crippen LogP contribution in [-0.2, 0) is 4.79 Å². The maximum absolute atomic E-state index is 11.8. The van der Waals surface area contributed by atoms with E-state index < -0.39 is 5.91 Å². The Morgan fingerprint density at radius 1 is 1.35 bits per heavy atom. The molecule has 0 fully saturated rings. The van der Waals surface area contributed by atoms with Gasteiger partial charge in [0.15, 0.2) is 0 Å². The molecule has 2 amide bonds. The van der Waals surface area contributed by atoms with Crippen LogP contribution in [0.15, 0.2) is 24.3 Å². The lowest BCUT2D eigenvalue weighted by atomic mass is 10.1. The van der Waals surface area contributed by atoms with Crippen LogP contribution in [-0.4, -0.2) is 18.4 Å². The molecule has 1 aromatic heterocycles. The summed E-state index contributed by atoms with van der Waals surface area (Å²) < 4.78 is 1.06. The SMILES string of the molecule is Cc1c(C(=O)NCC(N)=O)sc2ccccc12. The van der Waals surface area contributed by atoms with Crippen molar-refractivity contribution in [2.75, 3.05) is 6.54 Å². The molecule has 0 saturated carbocycles. The second-order valence-corrected chi connectivity index (χ2v) is 4.75. The molecular formula is C12H12N2O2S. The van der Waals surface area contributed by atoms with E-state index in [2.05, 4.69) is 5.32 Å². The van der Waals surface area contributed by atoms with Gasteiger partial charge in [-0.05, 0) is 23.9 Å². The Bertz CT molecular complexity index is 589. The first-order valence-electron chi connectivity index (χ1n) is 5.14. The summed E-state index contributed by atoms with van der Waals surface area (Å²) in [6.07, 6.45) is 0. The van der Waals surface area contributed by atoms with E-state index in [-0.39, 0.29) is 12.5 Å². The standard InChI is InChI=1S/C12H12N2O2S/c1-7-8-4-2-3-5-9(8)17-11(7)12(16)14-6-10(13)15/h2-5H,6H2,1H3,(H2,13,15)(H,14,16). The van der Waals surface area contributed by atoms with Gasteiger partial charge in [0.25, 0.3) is 5.91 Å². The minimum absolute atomic E-state index is 0.132. The predicted molar refractivity (Wildman–Crippen MR) is 68.1 cm³/mol. The summed E-state index contributed by atoms with van der Waals surface area (Å²) in [6, 6.07) is 7.82. The van der Waals surface area contributed by atoms with Crippen LogP contribution in [0, 0.1) is 6.92 Å². The molecule has 0 bridgehead atoms. The molecular weight excluding hydrogens is 236 g/mol. The van der Waals surface area contributed by atoms with Crippen molar-refractivity contribution in [1.82, 2.24) is 5.32 Å². The van der Waals surface area contributed by atoms with Crippen LogP contribution in [0.2, 0.25) is 0 Å². The van der Waals surface area contributed by atoms with Crippen molar-refractivity contribution in [2.45, 2.75) is 6.92 Å². The number of nitrogens with two attached hydrogens (primary N) is 1. The summed E-state index contributed by atoms with van der Waals surface area (Å²) in [5.74, 6) is -0.792. The summed E-state index contributed by atoms with van der Waals surface area (Å²) >= 11 is 1.42. The molecule has 1 aromatic carbocycles. The van der Waals surface area contributed by atoms with Gasteiger partial charge in [0.1, 0.15) is 0 Å². The van der Waals surface area contributed by atoms with E-state index in [1.54, 1.807) is 0 Å². The first kappa shape index (κ1) is 11.6. The Morgan fingerprint density at radius 3 is 2.71 bits per heavy atom. The van der Waals surface area contributed by atoms with Gasteiger partial charge in [-0.3, -0.25) is 9.59 Å². The quantitative estimate of drug-likeness (QED) is 0.862. The summed E-state index contributed by atoms with van der Waals surface area (Å²) in [5, 5.41) is 3.57. The zero-order chi connectivity index (χ0) is 12.4. The molecule has 88 valence electrons. The monoisotopic (exact) mass is 248 g/mol. The van der Waals surface area contributed by atoms with E-state index in [1.807, 2.05) is 31.2 Å². The smallest absolute Gasteiger partial charge is 0.262 e. The Hall–Kier alpha value is -1.88. The van der Waals surface area contributed by atoms with Crippen LogP contribution < -0.4 is 11.1 Å². The highest BCUT2D eigenvalue weighted by Gasteiger charge is 2.14.